The maximum atomic E-state index is 13.5. The largest absolute Gasteiger partial charge is 0.390 e. The summed E-state index contributed by atoms with van der Waals surface area (Å²) in [6.07, 6.45) is 3.18. The molecular weight excluding hydrogens is 195 g/mol. The Morgan fingerprint density at radius 3 is 2.47 bits per heavy atom. The molecule has 0 saturated carbocycles. The van der Waals surface area contributed by atoms with Crippen LogP contribution in [0.2, 0.25) is 0 Å². The molecule has 0 bridgehead atoms. The Labute approximate surface area is 86.3 Å². The molecule has 0 atom stereocenters. The van der Waals surface area contributed by atoms with Crippen molar-refractivity contribution in [2.45, 2.75) is 6.61 Å². The fourth-order valence-corrected chi connectivity index (χ4v) is 1.31. The molecule has 0 aliphatic carbocycles. The Morgan fingerprint density at radius 2 is 1.87 bits per heavy atom. The van der Waals surface area contributed by atoms with Crippen molar-refractivity contribution in [3.05, 3.63) is 48.3 Å². The van der Waals surface area contributed by atoms with Gasteiger partial charge in [-0.1, -0.05) is 0 Å². The molecular formula is C11H9FN2O. The first-order valence-corrected chi connectivity index (χ1v) is 4.48. The van der Waals surface area contributed by atoms with Crippen LogP contribution in [0, 0.1) is 5.95 Å². The van der Waals surface area contributed by atoms with E-state index in [0.717, 1.165) is 5.56 Å². The van der Waals surface area contributed by atoms with E-state index >= 15 is 0 Å². The van der Waals surface area contributed by atoms with E-state index in [1.807, 2.05) is 0 Å². The molecule has 2 aromatic rings. The molecule has 2 rings (SSSR count). The lowest BCUT2D eigenvalue weighted by Crippen LogP contribution is -1.95. The van der Waals surface area contributed by atoms with E-state index in [2.05, 4.69) is 9.97 Å². The average molecular weight is 204 g/mol. The van der Waals surface area contributed by atoms with E-state index in [0.29, 0.717) is 11.3 Å². The quantitative estimate of drug-likeness (QED) is 0.758. The molecule has 4 heteroatoms. The summed E-state index contributed by atoms with van der Waals surface area (Å²) >= 11 is 0. The lowest BCUT2D eigenvalue weighted by Gasteiger charge is -2.03. The minimum Gasteiger partial charge on any atom is -0.390 e. The summed E-state index contributed by atoms with van der Waals surface area (Å²) in [5.74, 6) is -0.576. The number of aromatic nitrogens is 2. The van der Waals surface area contributed by atoms with Crippen LogP contribution in [0.5, 0.6) is 0 Å². The highest BCUT2D eigenvalue weighted by molar-refractivity contribution is 5.62. The lowest BCUT2D eigenvalue weighted by molar-refractivity contribution is 0.275. The molecule has 1 N–H and O–H groups in total. The molecule has 0 saturated heterocycles. The summed E-state index contributed by atoms with van der Waals surface area (Å²) < 4.78 is 13.5. The fraction of sp³-hybridized carbons (Fsp3) is 0.0909. The fourth-order valence-electron chi connectivity index (χ4n) is 1.31. The smallest absolute Gasteiger partial charge is 0.221 e. The van der Waals surface area contributed by atoms with Gasteiger partial charge in [0.1, 0.15) is 0 Å². The molecule has 0 unspecified atom stereocenters. The third-order valence-corrected chi connectivity index (χ3v) is 2.06. The highest BCUT2D eigenvalue weighted by Gasteiger charge is 2.06. The van der Waals surface area contributed by atoms with E-state index in [1.165, 1.54) is 0 Å². The molecule has 15 heavy (non-hydrogen) atoms. The standard InChI is InChI=1S/C11H9FN2O/c12-11-10(2-1-9(7-15)14-11)8-3-5-13-6-4-8/h1-6,15H,7H2. The van der Waals surface area contributed by atoms with E-state index in [1.54, 1.807) is 36.7 Å². The second-order valence-electron chi connectivity index (χ2n) is 3.03. The monoisotopic (exact) mass is 204 g/mol. The van der Waals surface area contributed by atoms with Crippen molar-refractivity contribution in [3.8, 4) is 11.1 Å². The van der Waals surface area contributed by atoms with Crippen LogP contribution >= 0.6 is 0 Å². The van der Waals surface area contributed by atoms with Crippen molar-refractivity contribution in [1.82, 2.24) is 9.97 Å². The Hall–Kier alpha value is -1.81. The normalized spacial score (nSPS) is 10.3. The summed E-state index contributed by atoms with van der Waals surface area (Å²) in [5.41, 5.74) is 1.46. The van der Waals surface area contributed by atoms with Gasteiger partial charge in [0.2, 0.25) is 5.95 Å². The summed E-state index contributed by atoms with van der Waals surface area (Å²) in [6.45, 7) is -0.256. The molecule has 0 aromatic carbocycles. The lowest BCUT2D eigenvalue weighted by atomic mass is 10.1. The Morgan fingerprint density at radius 1 is 1.13 bits per heavy atom. The number of hydrogen-bond donors (Lipinski definition) is 1. The summed E-state index contributed by atoms with van der Waals surface area (Å²) in [4.78, 5) is 7.48. The van der Waals surface area contributed by atoms with Gasteiger partial charge < -0.3 is 5.11 Å². The van der Waals surface area contributed by atoms with Crippen LogP contribution in [0.15, 0.2) is 36.7 Å². The number of hydrogen-bond acceptors (Lipinski definition) is 3. The number of aliphatic hydroxyl groups excluding tert-OH is 1. The zero-order chi connectivity index (χ0) is 10.7. The van der Waals surface area contributed by atoms with E-state index in [9.17, 15) is 4.39 Å². The number of aliphatic hydroxyl groups is 1. The van der Waals surface area contributed by atoms with Crippen molar-refractivity contribution in [3.63, 3.8) is 0 Å². The minimum absolute atomic E-state index is 0.256. The molecule has 0 amide bonds. The van der Waals surface area contributed by atoms with Gasteiger partial charge in [-0.25, -0.2) is 4.98 Å². The van der Waals surface area contributed by atoms with Crippen LogP contribution in [-0.2, 0) is 6.61 Å². The first-order valence-electron chi connectivity index (χ1n) is 4.48. The van der Waals surface area contributed by atoms with Gasteiger partial charge in [-0.2, -0.15) is 4.39 Å². The maximum absolute atomic E-state index is 13.5. The SMILES string of the molecule is OCc1ccc(-c2ccncc2)c(F)n1. The molecule has 2 aromatic heterocycles. The van der Waals surface area contributed by atoms with Crippen molar-refractivity contribution in [2.24, 2.45) is 0 Å². The third kappa shape index (κ3) is 1.99. The van der Waals surface area contributed by atoms with Gasteiger partial charge in [0.25, 0.3) is 0 Å². The molecule has 0 spiro atoms. The van der Waals surface area contributed by atoms with E-state index in [-0.39, 0.29) is 6.61 Å². The van der Waals surface area contributed by atoms with Crippen molar-refractivity contribution < 1.29 is 9.50 Å². The zero-order valence-electron chi connectivity index (χ0n) is 7.89. The van der Waals surface area contributed by atoms with Gasteiger partial charge in [0.05, 0.1) is 12.3 Å². The van der Waals surface area contributed by atoms with Crippen LogP contribution in [0.1, 0.15) is 5.69 Å². The molecule has 2 heterocycles. The first kappa shape index (κ1) is 9.73. The minimum atomic E-state index is -0.576. The average Bonchev–Trinajstić information content (AvgIpc) is 2.30. The van der Waals surface area contributed by atoms with Crippen LogP contribution in [0.3, 0.4) is 0 Å². The summed E-state index contributed by atoms with van der Waals surface area (Å²) in [7, 11) is 0. The number of pyridine rings is 2. The Kier molecular flexibility index (Phi) is 2.69. The molecule has 0 aliphatic heterocycles. The Bertz CT molecular complexity index is 459. The first-order chi connectivity index (χ1) is 7.31. The number of nitrogens with zero attached hydrogens (tertiary/aromatic N) is 2. The molecule has 76 valence electrons. The van der Waals surface area contributed by atoms with Crippen LogP contribution in [0.25, 0.3) is 11.1 Å². The number of rotatable bonds is 2. The predicted molar refractivity (Wildman–Crippen MR) is 53.3 cm³/mol. The van der Waals surface area contributed by atoms with Gasteiger partial charge in [-0.15, -0.1) is 0 Å². The van der Waals surface area contributed by atoms with Crippen LogP contribution < -0.4 is 0 Å². The highest BCUT2D eigenvalue weighted by Crippen LogP contribution is 2.20. The third-order valence-electron chi connectivity index (χ3n) is 2.06. The Balaban J connectivity index is 2.46. The summed E-state index contributed by atoms with van der Waals surface area (Å²) in [5, 5.41) is 8.78. The maximum Gasteiger partial charge on any atom is 0.221 e. The van der Waals surface area contributed by atoms with Gasteiger partial charge in [-0.3, -0.25) is 4.98 Å². The van der Waals surface area contributed by atoms with Gasteiger partial charge in [0.15, 0.2) is 0 Å². The van der Waals surface area contributed by atoms with Gasteiger partial charge in [0, 0.05) is 18.0 Å². The molecule has 3 nitrogen and oxygen atoms in total. The zero-order valence-corrected chi connectivity index (χ0v) is 7.89. The predicted octanol–water partition coefficient (Wildman–Crippen LogP) is 1.77. The molecule has 0 radical (unpaired) electrons. The van der Waals surface area contributed by atoms with Crippen LogP contribution in [0.4, 0.5) is 4.39 Å². The second-order valence-corrected chi connectivity index (χ2v) is 3.03. The van der Waals surface area contributed by atoms with E-state index < -0.39 is 5.95 Å². The van der Waals surface area contributed by atoms with Crippen molar-refractivity contribution >= 4 is 0 Å². The number of halogens is 1. The van der Waals surface area contributed by atoms with Crippen molar-refractivity contribution in [1.29, 1.82) is 0 Å². The van der Waals surface area contributed by atoms with Crippen LogP contribution in [-0.4, -0.2) is 15.1 Å². The highest BCUT2D eigenvalue weighted by atomic mass is 19.1. The molecule has 0 fully saturated rings. The van der Waals surface area contributed by atoms with Crippen molar-refractivity contribution in [2.75, 3.05) is 0 Å². The van der Waals surface area contributed by atoms with Gasteiger partial charge >= 0.3 is 0 Å². The molecule has 0 aliphatic rings. The second kappa shape index (κ2) is 4.14. The topological polar surface area (TPSA) is 46.0 Å². The van der Waals surface area contributed by atoms with E-state index in [4.69, 9.17) is 5.11 Å². The summed E-state index contributed by atoms with van der Waals surface area (Å²) in [6, 6.07) is 6.61. The van der Waals surface area contributed by atoms with Gasteiger partial charge in [-0.05, 0) is 29.8 Å².